The Balaban J connectivity index is 1.39. The van der Waals surface area contributed by atoms with Gasteiger partial charge in [0.1, 0.15) is 0 Å². The molecule has 1 aliphatic rings. The van der Waals surface area contributed by atoms with E-state index < -0.39 is 17.6 Å². The molecule has 1 amide bonds. The van der Waals surface area contributed by atoms with E-state index in [0.717, 1.165) is 43.8 Å². The maximum Gasteiger partial charge on any atom is 0.416 e. The molecule has 1 aromatic heterocycles. The van der Waals surface area contributed by atoms with Crippen LogP contribution >= 0.6 is 11.3 Å². The molecular formula is C19H24F3N5OS. The van der Waals surface area contributed by atoms with E-state index in [-0.39, 0.29) is 10.7 Å². The van der Waals surface area contributed by atoms with Gasteiger partial charge in [-0.1, -0.05) is 30.6 Å². The van der Waals surface area contributed by atoms with E-state index in [4.69, 9.17) is 0 Å². The van der Waals surface area contributed by atoms with Crippen molar-refractivity contribution in [3.63, 3.8) is 0 Å². The molecule has 2 aromatic rings. The zero-order valence-corrected chi connectivity index (χ0v) is 16.7. The van der Waals surface area contributed by atoms with Crippen LogP contribution in [-0.2, 0) is 6.18 Å². The van der Waals surface area contributed by atoms with Crippen molar-refractivity contribution < 1.29 is 18.0 Å². The Labute approximate surface area is 171 Å². The minimum atomic E-state index is -4.43. The third-order valence-electron chi connectivity index (χ3n) is 4.79. The van der Waals surface area contributed by atoms with Crippen molar-refractivity contribution in [2.75, 3.05) is 23.7 Å². The van der Waals surface area contributed by atoms with Crippen LogP contribution in [0.3, 0.4) is 0 Å². The summed E-state index contributed by atoms with van der Waals surface area (Å²) in [7, 11) is 0. The highest BCUT2D eigenvalue weighted by Crippen LogP contribution is 2.29. The third kappa shape index (κ3) is 6.67. The van der Waals surface area contributed by atoms with Crippen LogP contribution in [0.4, 0.5) is 23.4 Å². The van der Waals surface area contributed by atoms with Crippen molar-refractivity contribution >= 4 is 27.5 Å². The summed E-state index contributed by atoms with van der Waals surface area (Å²) in [6.07, 6.45) is 2.99. The molecule has 1 saturated carbocycles. The van der Waals surface area contributed by atoms with Crippen LogP contribution < -0.4 is 16.0 Å². The minimum Gasteiger partial charge on any atom is -0.360 e. The Kier molecular flexibility index (Phi) is 7.43. The second kappa shape index (κ2) is 10.0. The van der Waals surface area contributed by atoms with Crippen LogP contribution in [0.1, 0.15) is 54.4 Å². The van der Waals surface area contributed by atoms with Gasteiger partial charge in [-0.2, -0.15) is 13.2 Å². The van der Waals surface area contributed by atoms with Crippen molar-refractivity contribution in [1.82, 2.24) is 15.5 Å². The highest BCUT2D eigenvalue weighted by Gasteiger charge is 2.30. The summed E-state index contributed by atoms with van der Waals surface area (Å²) in [5, 5.41) is 18.0. The van der Waals surface area contributed by atoms with Gasteiger partial charge < -0.3 is 10.6 Å². The second-order valence-electron chi connectivity index (χ2n) is 7.01. The summed E-state index contributed by atoms with van der Waals surface area (Å²) in [5.41, 5.74) is -0.675. The Morgan fingerprint density at radius 1 is 1.03 bits per heavy atom. The third-order valence-corrected chi connectivity index (χ3v) is 5.58. The van der Waals surface area contributed by atoms with E-state index in [1.807, 2.05) is 0 Å². The summed E-state index contributed by atoms with van der Waals surface area (Å²) in [4.78, 5) is 12.2. The van der Waals surface area contributed by atoms with Crippen LogP contribution in [0.5, 0.6) is 0 Å². The smallest absolute Gasteiger partial charge is 0.360 e. The molecule has 0 bridgehead atoms. The number of hydrogen-bond donors (Lipinski definition) is 3. The van der Waals surface area contributed by atoms with Crippen molar-refractivity contribution in [2.45, 2.75) is 50.7 Å². The van der Waals surface area contributed by atoms with E-state index >= 15 is 0 Å². The van der Waals surface area contributed by atoms with Crippen molar-refractivity contribution in [1.29, 1.82) is 0 Å². The molecular weight excluding hydrogens is 403 g/mol. The molecule has 1 fully saturated rings. The lowest BCUT2D eigenvalue weighted by Crippen LogP contribution is -2.32. The average Bonchev–Trinajstić information content (AvgIpc) is 3.15. The topological polar surface area (TPSA) is 78.9 Å². The van der Waals surface area contributed by atoms with Crippen LogP contribution in [-0.4, -0.2) is 35.2 Å². The predicted molar refractivity (Wildman–Crippen MR) is 107 cm³/mol. The lowest BCUT2D eigenvalue weighted by atomic mass is 9.95. The predicted octanol–water partition coefficient (Wildman–Crippen LogP) is 4.53. The number of benzene rings is 1. The van der Waals surface area contributed by atoms with E-state index in [9.17, 15) is 18.0 Å². The van der Waals surface area contributed by atoms with Crippen LogP contribution in [0.2, 0.25) is 0 Å². The molecule has 0 aliphatic heterocycles. The van der Waals surface area contributed by atoms with Crippen molar-refractivity contribution in [3.05, 3.63) is 35.4 Å². The number of rotatable bonds is 8. The maximum atomic E-state index is 12.6. The molecule has 158 valence electrons. The molecule has 0 atom stereocenters. The first-order valence-electron chi connectivity index (χ1n) is 9.71. The van der Waals surface area contributed by atoms with Crippen LogP contribution in [0.15, 0.2) is 24.3 Å². The Bertz CT molecular complexity index is 788. The highest BCUT2D eigenvalue weighted by atomic mass is 32.1. The first-order chi connectivity index (χ1) is 13.9. The molecule has 0 saturated heterocycles. The van der Waals surface area contributed by atoms with E-state index in [2.05, 4.69) is 26.1 Å². The summed E-state index contributed by atoms with van der Waals surface area (Å²) in [6, 6.07) is 4.67. The summed E-state index contributed by atoms with van der Waals surface area (Å²) >= 11 is 1.18. The summed E-state index contributed by atoms with van der Waals surface area (Å²) in [5.74, 6) is -0.530. The zero-order chi connectivity index (χ0) is 20.7. The number of halogens is 3. The molecule has 0 radical (unpaired) electrons. The van der Waals surface area contributed by atoms with Gasteiger partial charge in [0, 0.05) is 18.2 Å². The average molecular weight is 427 g/mol. The monoisotopic (exact) mass is 427 g/mol. The highest BCUT2D eigenvalue weighted by molar-refractivity contribution is 7.19. The number of nitrogens with one attached hydrogen (secondary N) is 3. The largest absolute Gasteiger partial charge is 0.416 e. The van der Waals surface area contributed by atoms with Gasteiger partial charge in [-0.05, 0) is 50.1 Å². The summed E-state index contributed by atoms with van der Waals surface area (Å²) in [6.45, 7) is 1.68. The van der Waals surface area contributed by atoms with Gasteiger partial charge in [0.05, 0.1) is 5.56 Å². The molecule has 0 unspecified atom stereocenters. The molecule has 1 aliphatic carbocycles. The number of carbonyl (C=O) groups excluding carboxylic acids is 1. The van der Waals surface area contributed by atoms with Gasteiger partial charge in [0.25, 0.3) is 5.91 Å². The van der Waals surface area contributed by atoms with Crippen LogP contribution in [0, 0.1) is 0 Å². The quantitative estimate of drug-likeness (QED) is 0.540. The molecule has 1 heterocycles. The number of amides is 1. The van der Waals surface area contributed by atoms with E-state index in [1.165, 1.54) is 43.4 Å². The van der Waals surface area contributed by atoms with Crippen LogP contribution in [0.25, 0.3) is 0 Å². The van der Waals surface area contributed by atoms with Gasteiger partial charge in [0.2, 0.25) is 10.3 Å². The molecule has 1 aromatic carbocycles. The number of nitrogens with zero attached hydrogens (tertiary/aromatic N) is 2. The van der Waals surface area contributed by atoms with Gasteiger partial charge in [-0.15, -0.1) is 10.2 Å². The van der Waals surface area contributed by atoms with Crippen molar-refractivity contribution in [2.24, 2.45) is 0 Å². The van der Waals surface area contributed by atoms with Gasteiger partial charge in [-0.25, -0.2) is 0 Å². The Morgan fingerprint density at radius 2 is 1.72 bits per heavy atom. The number of carbonyl (C=O) groups is 1. The second-order valence-corrected chi connectivity index (χ2v) is 7.99. The lowest BCUT2D eigenvalue weighted by molar-refractivity contribution is -0.137. The van der Waals surface area contributed by atoms with E-state index in [1.54, 1.807) is 0 Å². The minimum absolute atomic E-state index is 0.122. The zero-order valence-electron chi connectivity index (χ0n) is 15.9. The fourth-order valence-corrected chi connectivity index (χ4v) is 3.89. The van der Waals surface area contributed by atoms with E-state index in [0.29, 0.717) is 11.2 Å². The molecule has 10 heteroatoms. The lowest BCUT2D eigenvalue weighted by Gasteiger charge is -2.22. The standard InChI is InChI=1S/C19H24F3N5OS/c20-19(21,22)14-9-7-13(8-10-14)16(28)25-18-27-26-17(29-18)24-12-4-11-23-15-5-2-1-3-6-15/h7-10,15,23H,1-6,11-12H2,(H,24,26)(H,25,27,28). The number of anilines is 2. The Morgan fingerprint density at radius 3 is 2.41 bits per heavy atom. The number of alkyl halides is 3. The number of aromatic nitrogens is 2. The normalized spacial score (nSPS) is 15.3. The maximum absolute atomic E-state index is 12.6. The van der Waals surface area contributed by atoms with Gasteiger partial charge >= 0.3 is 6.18 Å². The fourth-order valence-electron chi connectivity index (χ4n) is 3.22. The van der Waals surface area contributed by atoms with Crippen molar-refractivity contribution in [3.8, 4) is 0 Å². The molecule has 0 spiro atoms. The molecule has 3 N–H and O–H groups in total. The van der Waals surface area contributed by atoms with Gasteiger partial charge in [0.15, 0.2) is 0 Å². The SMILES string of the molecule is O=C(Nc1nnc(NCCCNC2CCCCC2)s1)c1ccc(C(F)(F)F)cc1. The first kappa shape index (κ1) is 21.5. The Hall–Kier alpha value is -2.20. The first-order valence-corrected chi connectivity index (χ1v) is 10.5. The molecule has 29 heavy (non-hydrogen) atoms. The molecule has 6 nitrogen and oxygen atoms in total. The summed E-state index contributed by atoms with van der Waals surface area (Å²) < 4.78 is 37.8. The fraction of sp³-hybridized carbons (Fsp3) is 0.526. The number of hydrogen-bond acceptors (Lipinski definition) is 6. The molecule has 3 rings (SSSR count). The van der Waals surface area contributed by atoms with Gasteiger partial charge in [-0.3, -0.25) is 10.1 Å².